The van der Waals surface area contributed by atoms with Gasteiger partial charge in [0, 0.05) is 24.6 Å². The molecule has 0 spiro atoms. The Morgan fingerprint density at radius 1 is 1.56 bits per heavy atom. The number of nitrogens with two attached hydrogens (primary N) is 1. The van der Waals surface area contributed by atoms with E-state index in [1.54, 1.807) is 12.6 Å². The van der Waals surface area contributed by atoms with Gasteiger partial charge in [0.1, 0.15) is 17.9 Å². The average Bonchev–Trinajstić information content (AvgIpc) is 2.86. The maximum Gasteiger partial charge on any atom is 0.138 e. The number of furan rings is 1. The van der Waals surface area contributed by atoms with Crippen molar-refractivity contribution in [2.45, 2.75) is 32.9 Å². The molecule has 0 aliphatic carbocycles. The minimum Gasteiger partial charge on any atom is -0.469 e. The summed E-state index contributed by atoms with van der Waals surface area (Å²) in [5, 5.41) is 4.12. The molecule has 0 saturated carbocycles. The highest BCUT2D eigenvalue weighted by Gasteiger charge is 2.14. The minimum atomic E-state index is -0.0896. The lowest BCUT2D eigenvalue weighted by Crippen LogP contribution is -2.17. The van der Waals surface area contributed by atoms with Crippen LogP contribution in [0.2, 0.25) is 0 Å². The van der Waals surface area contributed by atoms with Gasteiger partial charge >= 0.3 is 0 Å². The zero-order valence-corrected chi connectivity index (χ0v) is 9.55. The van der Waals surface area contributed by atoms with E-state index < -0.39 is 0 Å². The van der Waals surface area contributed by atoms with Crippen LogP contribution in [0.25, 0.3) is 0 Å². The summed E-state index contributed by atoms with van der Waals surface area (Å²) in [4.78, 5) is 4.21. The Hall–Kier alpha value is -1.62. The summed E-state index contributed by atoms with van der Waals surface area (Å²) in [7, 11) is 0. The molecule has 2 aromatic heterocycles. The van der Waals surface area contributed by atoms with Crippen LogP contribution in [0.15, 0.2) is 23.1 Å². The van der Waals surface area contributed by atoms with Gasteiger partial charge in [0.25, 0.3) is 0 Å². The molecular weight excluding hydrogens is 204 g/mol. The third-order valence-corrected chi connectivity index (χ3v) is 2.70. The number of hydrogen-bond donors (Lipinski definition) is 1. The quantitative estimate of drug-likeness (QED) is 0.846. The lowest BCUT2D eigenvalue weighted by Gasteiger charge is -2.10. The highest BCUT2D eigenvalue weighted by molar-refractivity contribution is 5.20. The van der Waals surface area contributed by atoms with E-state index in [0.29, 0.717) is 6.42 Å². The van der Waals surface area contributed by atoms with E-state index in [0.717, 1.165) is 23.7 Å². The SMILES string of the molecule is CCn1ncnc1CC(N)c1ccoc1C. The molecule has 0 bridgehead atoms. The molecule has 16 heavy (non-hydrogen) atoms. The van der Waals surface area contributed by atoms with Crippen LogP contribution in [0.5, 0.6) is 0 Å². The first-order chi connectivity index (χ1) is 7.72. The van der Waals surface area contributed by atoms with Gasteiger partial charge in [-0.3, -0.25) is 4.68 Å². The van der Waals surface area contributed by atoms with Crippen LogP contribution >= 0.6 is 0 Å². The summed E-state index contributed by atoms with van der Waals surface area (Å²) >= 11 is 0. The summed E-state index contributed by atoms with van der Waals surface area (Å²) in [6.45, 7) is 4.76. The highest BCUT2D eigenvalue weighted by atomic mass is 16.3. The van der Waals surface area contributed by atoms with Gasteiger partial charge in [-0.1, -0.05) is 0 Å². The molecule has 0 aliphatic rings. The molecule has 5 heteroatoms. The minimum absolute atomic E-state index is 0.0896. The average molecular weight is 220 g/mol. The van der Waals surface area contributed by atoms with Crippen LogP contribution in [-0.4, -0.2) is 14.8 Å². The summed E-state index contributed by atoms with van der Waals surface area (Å²) < 4.78 is 7.09. The fourth-order valence-electron chi connectivity index (χ4n) is 1.80. The van der Waals surface area contributed by atoms with Crippen molar-refractivity contribution >= 4 is 0 Å². The van der Waals surface area contributed by atoms with Crippen molar-refractivity contribution in [1.29, 1.82) is 0 Å². The third-order valence-electron chi connectivity index (χ3n) is 2.70. The van der Waals surface area contributed by atoms with Crippen LogP contribution in [0, 0.1) is 6.92 Å². The molecule has 0 aliphatic heterocycles. The normalized spacial score (nSPS) is 12.9. The van der Waals surface area contributed by atoms with E-state index in [4.69, 9.17) is 10.2 Å². The predicted octanol–water partition coefficient (Wildman–Crippen LogP) is 1.44. The standard InChI is InChI=1S/C11H16N4O/c1-3-15-11(13-7-14-15)6-10(12)9-4-5-16-8(9)2/h4-5,7,10H,3,6,12H2,1-2H3. The molecular formula is C11H16N4O. The smallest absolute Gasteiger partial charge is 0.138 e. The van der Waals surface area contributed by atoms with Gasteiger partial charge in [-0.15, -0.1) is 0 Å². The van der Waals surface area contributed by atoms with Gasteiger partial charge in [0.15, 0.2) is 0 Å². The molecule has 1 atom stereocenters. The van der Waals surface area contributed by atoms with E-state index in [2.05, 4.69) is 10.1 Å². The molecule has 0 amide bonds. The Kier molecular flexibility index (Phi) is 3.05. The fourth-order valence-corrected chi connectivity index (χ4v) is 1.80. The molecule has 2 N–H and O–H groups in total. The number of aromatic nitrogens is 3. The van der Waals surface area contributed by atoms with Gasteiger partial charge in [0.05, 0.1) is 6.26 Å². The van der Waals surface area contributed by atoms with Crippen molar-refractivity contribution in [3.8, 4) is 0 Å². The first-order valence-electron chi connectivity index (χ1n) is 5.38. The zero-order chi connectivity index (χ0) is 11.5. The Morgan fingerprint density at radius 2 is 2.38 bits per heavy atom. The molecule has 0 aromatic carbocycles. The Balaban J connectivity index is 2.13. The third kappa shape index (κ3) is 1.99. The van der Waals surface area contributed by atoms with Crippen molar-refractivity contribution in [1.82, 2.24) is 14.8 Å². The second kappa shape index (κ2) is 4.49. The molecule has 86 valence electrons. The number of aryl methyl sites for hydroxylation is 2. The van der Waals surface area contributed by atoms with Crippen molar-refractivity contribution in [3.05, 3.63) is 35.8 Å². The van der Waals surface area contributed by atoms with Crippen LogP contribution < -0.4 is 5.73 Å². The van der Waals surface area contributed by atoms with Crippen molar-refractivity contribution < 1.29 is 4.42 Å². The lowest BCUT2D eigenvalue weighted by atomic mass is 10.1. The van der Waals surface area contributed by atoms with E-state index in [1.165, 1.54) is 0 Å². The van der Waals surface area contributed by atoms with E-state index in [-0.39, 0.29) is 6.04 Å². The fraction of sp³-hybridized carbons (Fsp3) is 0.455. The van der Waals surface area contributed by atoms with Crippen LogP contribution in [0.3, 0.4) is 0 Å². The van der Waals surface area contributed by atoms with Gasteiger partial charge < -0.3 is 10.2 Å². The van der Waals surface area contributed by atoms with Crippen molar-refractivity contribution in [2.24, 2.45) is 5.73 Å². The van der Waals surface area contributed by atoms with E-state index in [1.807, 2.05) is 24.6 Å². The topological polar surface area (TPSA) is 69.9 Å². The molecule has 1 unspecified atom stereocenters. The molecule has 0 fully saturated rings. The lowest BCUT2D eigenvalue weighted by molar-refractivity contribution is 0.519. The van der Waals surface area contributed by atoms with Crippen LogP contribution in [-0.2, 0) is 13.0 Å². The molecule has 2 rings (SSSR count). The molecule has 0 radical (unpaired) electrons. The molecule has 5 nitrogen and oxygen atoms in total. The highest BCUT2D eigenvalue weighted by Crippen LogP contribution is 2.19. The zero-order valence-electron chi connectivity index (χ0n) is 9.55. The van der Waals surface area contributed by atoms with Gasteiger partial charge in [-0.05, 0) is 19.9 Å². The van der Waals surface area contributed by atoms with Crippen LogP contribution in [0.1, 0.15) is 30.1 Å². The Morgan fingerprint density at radius 3 is 3.00 bits per heavy atom. The van der Waals surface area contributed by atoms with Crippen molar-refractivity contribution in [2.75, 3.05) is 0 Å². The van der Waals surface area contributed by atoms with Gasteiger partial charge in [0.2, 0.25) is 0 Å². The summed E-state index contributed by atoms with van der Waals surface area (Å²) in [6.07, 6.45) is 3.90. The second-order valence-corrected chi connectivity index (χ2v) is 3.73. The first-order valence-corrected chi connectivity index (χ1v) is 5.38. The largest absolute Gasteiger partial charge is 0.469 e. The predicted molar refractivity (Wildman–Crippen MR) is 59.8 cm³/mol. The monoisotopic (exact) mass is 220 g/mol. The van der Waals surface area contributed by atoms with Gasteiger partial charge in [-0.2, -0.15) is 5.10 Å². The van der Waals surface area contributed by atoms with Crippen molar-refractivity contribution in [3.63, 3.8) is 0 Å². The maximum atomic E-state index is 6.11. The second-order valence-electron chi connectivity index (χ2n) is 3.73. The molecule has 0 saturated heterocycles. The number of hydrogen-bond acceptors (Lipinski definition) is 4. The summed E-state index contributed by atoms with van der Waals surface area (Å²) in [5.74, 6) is 1.78. The number of rotatable bonds is 4. The Bertz CT molecular complexity index is 460. The van der Waals surface area contributed by atoms with E-state index >= 15 is 0 Å². The van der Waals surface area contributed by atoms with E-state index in [9.17, 15) is 0 Å². The summed E-state index contributed by atoms with van der Waals surface area (Å²) in [5.41, 5.74) is 7.15. The Labute approximate surface area is 94.3 Å². The molecule has 2 heterocycles. The summed E-state index contributed by atoms with van der Waals surface area (Å²) in [6, 6.07) is 1.82. The van der Waals surface area contributed by atoms with Gasteiger partial charge in [-0.25, -0.2) is 4.98 Å². The van der Waals surface area contributed by atoms with Crippen LogP contribution in [0.4, 0.5) is 0 Å². The molecule has 2 aromatic rings. The first kappa shape index (κ1) is 10.9. The number of nitrogens with zero attached hydrogens (tertiary/aromatic N) is 3. The maximum absolute atomic E-state index is 6.11.